The van der Waals surface area contributed by atoms with E-state index in [4.69, 9.17) is 33.9 Å². The molecule has 0 unspecified atom stereocenters. The second kappa shape index (κ2) is 13.2. The number of carbonyl (C=O) groups excluding carboxylic acids is 4. The van der Waals surface area contributed by atoms with Crippen LogP contribution < -0.4 is 10.6 Å². The van der Waals surface area contributed by atoms with Crippen LogP contribution in [0.15, 0.2) is 0 Å². The summed E-state index contributed by atoms with van der Waals surface area (Å²) < 4.78 is 11.2. The van der Waals surface area contributed by atoms with Crippen molar-refractivity contribution in [3.63, 3.8) is 0 Å². The average molecular weight is 495 g/mol. The summed E-state index contributed by atoms with van der Waals surface area (Å²) in [5.41, 5.74) is 0. The van der Waals surface area contributed by atoms with Gasteiger partial charge in [-0.2, -0.15) is 0 Å². The molecule has 166 valence electrons. The van der Waals surface area contributed by atoms with Crippen molar-refractivity contribution < 1.29 is 28.7 Å². The van der Waals surface area contributed by atoms with Crippen molar-refractivity contribution >= 4 is 80.2 Å². The van der Waals surface area contributed by atoms with E-state index in [1.165, 1.54) is 33.3 Å². The fourth-order valence-corrected chi connectivity index (χ4v) is 4.84. The summed E-state index contributed by atoms with van der Waals surface area (Å²) in [4.78, 5) is 50.0. The lowest BCUT2D eigenvalue weighted by Gasteiger charge is -2.14. The molecule has 2 heterocycles. The second-order valence-electron chi connectivity index (χ2n) is 6.00. The molecule has 30 heavy (non-hydrogen) atoms. The van der Waals surface area contributed by atoms with E-state index < -0.39 is 11.8 Å². The first-order valence-electron chi connectivity index (χ1n) is 9.01. The molecule has 2 rings (SSSR count). The number of thioether (sulfide) groups is 2. The highest BCUT2D eigenvalue weighted by atomic mass is 32.2. The maximum atomic E-state index is 11.9. The SMILES string of the molecule is O=C(COCC(=O)N1CCSC1=S)NCCNC(=O)COCC(=O)N1CCSC1=S. The van der Waals surface area contributed by atoms with Gasteiger partial charge in [0.05, 0.1) is 0 Å². The number of nitrogens with one attached hydrogen (secondary N) is 2. The fraction of sp³-hybridized carbons (Fsp3) is 0.625. The van der Waals surface area contributed by atoms with Gasteiger partial charge in [0, 0.05) is 37.7 Å². The number of hydrogen-bond donors (Lipinski definition) is 2. The topological polar surface area (TPSA) is 117 Å². The van der Waals surface area contributed by atoms with E-state index in [0.717, 1.165) is 11.5 Å². The van der Waals surface area contributed by atoms with Gasteiger partial charge in [0.15, 0.2) is 0 Å². The maximum absolute atomic E-state index is 11.9. The molecule has 0 bridgehead atoms. The minimum absolute atomic E-state index is 0.187. The molecule has 10 nitrogen and oxygen atoms in total. The predicted octanol–water partition coefficient (Wildman–Crippen LogP) is -1.03. The number of ether oxygens (including phenoxy) is 2. The zero-order chi connectivity index (χ0) is 21.9. The van der Waals surface area contributed by atoms with Gasteiger partial charge in [-0.05, 0) is 0 Å². The van der Waals surface area contributed by atoms with E-state index >= 15 is 0 Å². The molecular formula is C16H22N4O6S4. The quantitative estimate of drug-likeness (QED) is 0.273. The minimum atomic E-state index is -0.406. The Kier molecular flexibility index (Phi) is 11.0. The van der Waals surface area contributed by atoms with E-state index in [1.807, 2.05) is 0 Å². The third-order valence-electron chi connectivity index (χ3n) is 3.81. The number of nitrogens with zero attached hydrogens (tertiary/aromatic N) is 2. The molecule has 2 N–H and O–H groups in total. The van der Waals surface area contributed by atoms with Crippen LogP contribution in [0.25, 0.3) is 0 Å². The first-order chi connectivity index (χ1) is 14.4. The van der Waals surface area contributed by atoms with Gasteiger partial charge in [-0.3, -0.25) is 29.0 Å². The van der Waals surface area contributed by atoms with Crippen molar-refractivity contribution in [1.29, 1.82) is 0 Å². The van der Waals surface area contributed by atoms with Crippen LogP contribution in [-0.2, 0) is 28.7 Å². The summed E-state index contributed by atoms with van der Waals surface area (Å²) in [6.45, 7) is 0.508. The monoisotopic (exact) mass is 494 g/mol. The molecule has 0 aromatic carbocycles. The van der Waals surface area contributed by atoms with Gasteiger partial charge in [0.2, 0.25) is 11.8 Å². The first-order valence-corrected chi connectivity index (χ1v) is 11.8. The van der Waals surface area contributed by atoms with Gasteiger partial charge in [-0.15, -0.1) is 0 Å². The van der Waals surface area contributed by atoms with Gasteiger partial charge >= 0.3 is 0 Å². The van der Waals surface area contributed by atoms with Crippen molar-refractivity contribution in [1.82, 2.24) is 20.4 Å². The molecule has 0 aromatic heterocycles. The zero-order valence-corrected chi connectivity index (χ0v) is 19.3. The van der Waals surface area contributed by atoms with Crippen LogP contribution in [0.4, 0.5) is 0 Å². The third-order valence-corrected chi connectivity index (χ3v) is 6.67. The van der Waals surface area contributed by atoms with Crippen molar-refractivity contribution in [3.05, 3.63) is 0 Å². The number of carbonyl (C=O) groups is 4. The third kappa shape index (κ3) is 8.43. The molecule has 2 aliphatic rings. The molecule has 14 heteroatoms. The summed E-state index contributed by atoms with van der Waals surface area (Å²) in [6, 6.07) is 0. The van der Waals surface area contributed by atoms with E-state index in [2.05, 4.69) is 10.6 Å². The van der Waals surface area contributed by atoms with E-state index in [9.17, 15) is 19.2 Å². The van der Waals surface area contributed by atoms with Crippen molar-refractivity contribution in [2.75, 3.05) is 64.1 Å². The van der Waals surface area contributed by atoms with Gasteiger partial charge in [-0.1, -0.05) is 48.0 Å². The number of thiocarbonyl (C=S) groups is 2. The van der Waals surface area contributed by atoms with Crippen molar-refractivity contribution in [3.8, 4) is 0 Å². The number of hydrogen-bond acceptors (Lipinski definition) is 10. The molecule has 0 atom stereocenters. The van der Waals surface area contributed by atoms with Gasteiger partial charge in [0.1, 0.15) is 35.1 Å². The van der Waals surface area contributed by atoms with Crippen molar-refractivity contribution in [2.24, 2.45) is 0 Å². The Morgan fingerprint density at radius 1 is 0.767 bits per heavy atom. The number of rotatable bonds is 11. The highest BCUT2D eigenvalue weighted by Crippen LogP contribution is 2.18. The molecular weight excluding hydrogens is 472 g/mol. The Bertz CT molecular complexity index is 649. The number of amides is 4. The molecule has 4 amide bonds. The highest BCUT2D eigenvalue weighted by Gasteiger charge is 2.25. The summed E-state index contributed by atoms with van der Waals surface area (Å²) in [7, 11) is 0. The average Bonchev–Trinajstić information content (AvgIpc) is 3.33. The maximum Gasteiger partial charge on any atom is 0.254 e. The minimum Gasteiger partial charge on any atom is -0.362 e. The van der Waals surface area contributed by atoms with Crippen LogP contribution >= 0.6 is 48.0 Å². The van der Waals surface area contributed by atoms with Gasteiger partial charge in [0.25, 0.3) is 11.8 Å². The molecule has 0 radical (unpaired) electrons. The van der Waals surface area contributed by atoms with Crippen LogP contribution in [0, 0.1) is 0 Å². The van der Waals surface area contributed by atoms with E-state index in [1.54, 1.807) is 0 Å². The van der Waals surface area contributed by atoms with E-state index in [0.29, 0.717) is 21.7 Å². The molecule has 2 saturated heterocycles. The summed E-state index contributed by atoms with van der Waals surface area (Å²) in [5, 5.41) is 5.11. The molecule has 0 aliphatic carbocycles. The van der Waals surface area contributed by atoms with Gasteiger partial charge in [-0.25, -0.2) is 0 Å². The highest BCUT2D eigenvalue weighted by molar-refractivity contribution is 8.23. The van der Waals surface area contributed by atoms with Crippen LogP contribution in [0.5, 0.6) is 0 Å². The normalized spacial score (nSPS) is 16.1. The first kappa shape index (κ1) is 24.9. The molecule has 0 aromatic rings. The standard InChI is InChI=1S/C16H22N4O6S4/c21-11(7-25-9-13(23)19-3-5-29-15(19)27)17-1-2-18-12(22)8-26-10-14(24)20-4-6-30-16(20)28/h1-10H2,(H,17,21)(H,18,22). The summed E-state index contributed by atoms with van der Waals surface area (Å²) in [5.74, 6) is 0.185. The summed E-state index contributed by atoms with van der Waals surface area (Å²) in [6.07, 6.45) is 0. The van der Waals surface area contributed by atoms with Crippen LogP contribution in [0.3, 0.4) is 0 Å². The summed E-state index contributed by atoms with van der Waals surface area (Å²) >= 11 is 13.0. The van der Waals surface area contributed by atoms with Gasteiger partial charge < -0.3 is 20.1 Å². The second-order valence-corrected chi connectivity index (χ2v) is 9.46. The smallest absolute Gasteiger partial charge is 0.254 e. The van der Waals surface area contributed by atoms with Crippen molar-refractivity contribution in [2.45, 2.75) is 0 Å². The Labute approximate surface area is 193 Å². The molecule has 2 fully saturated rings. The zero-order valence-electron chi connectivity index (χ0n) is 16.0. The fourth-order valence-electron chi connectivity index (χ4n) is 2.36. The van der Waals surface area contributed by atoms with Crippen LogP contribution in [0.1, 0.15) is 0 Å². The van der Waals surface area contributed by atoms with Crippen LogP contribution in [0.2, 0.25) is 0 Å². The lowest BCUT2D eigenvalue weighted by molar-refractivity contribution is -0.136. The molecule has 0 saturated carbocycles. The van der Waals surface area contributed by atoms with E-state index in [-0.39, 0.29) is 51.3 Å². The Hall–Kier alpha value is -1.32. The largest absolute Gasteiger partial charge is 0.362 e. The lowest BCUT2D eigenvalue weighted by atomic mass is 10.5. The Morgan fingerprint density at radius 2 is 1.17 bits per heavy atom. The molecule has 0 spiro atoms. The Balaban J connectivity index is 1.46. The Morgan fingerprint density at radius 3 is 1.50 bits per heavy atom. The van der Waals surface area contributed by atoms with Crippen LogP contribution in [-0.4, -0.2) is 106 Å². The predicted molar refractivity (Wildman–Crippen MR) is 121 cm³/mol. The molecule has 2 aliphatic heterocycles. The lowest BCUT2D eigenvalue weighted by Crippen LogP contribution is -2.39.